The van der Waals surface area contributed by atoms with Crippen LogP contribution in [-0.4, -0.2) is 50.2 Å². The number of aromatic carboxylic acids is 1. The Balaban J connectivity index is 1.60. The molecule has 0 radical (unpaired) electrons. The molecule has 1 saturated heterocycles. The maximum atomic E-state index is 12.2. The number of carbonyl (C=O) groups excluding carboxylic acids is 1. The minimum absolute atomic E-state index is 0.104. The number of carboxylic acid groups (broad SMARTS) is 1. The molecule has 2 atom stereocenters. The first kappa shape index (κ1) is 16.0. The molecule has 24 heavy (non-hydrogen) atoms. The van der Waals surface area contributed by atoms with E-state index in [0.717, 1.165) is 5.56 Å². The quantitative estimate of drug-likeness (QED) is 0.918. The number of amides is 1. The zero-order valence-electron chi connectivity index (χ0n) is 13.2. The molecule has 1 N–H and O–H groups in total. The standard InChI is InChI=1S/C16H18N4O4/c1-11-7-19(16(23)24-10-12-5-3-2-4-6-12)9-14(11)20-8-13(15(21)22)17-18-20/h2-6,8,11,14H,7,9-10H2,1H3,(H,21,22)/t11-,14-/m1/s1. The molecular weight excluding hydrogens is 312 g/mol. The van der Waals surface area contributed by atoms with Crippen molar-refractivity contribution in [2.45, 2.75) is 19.6 Å². The Morgan fingerprint density at radius 3 is 2.71 bits per heavy atom. The van der Waals surface area contributed by atoms with Gasteiger partial charge in [-0.15, -0.1) is 5.10 Å². The maximum Gasteiger partial charge on any atom is 0.410 e. The molecule has 1 aliphatic rings. The number of nitrogens with zero attached hydrogens (tertiary/aromatic N) is 4. The van der Waals surface area contributed by atoms with Crippen molar-refractivity contribution in [3.63, 3.8) is 0 Å². The summed E-state index contributed by atoms with van der Waals surface area (Å²) in [5.41, 5.74) is 0.823. The van der Waals surface area contributed by atoms with E-state index in [2.05, 4.69) is 10.3 Å². The summed E-state index contributed by atoms with van der Waals surface area (Å²) in [5, 5.41) is 16.4. The lowest BCUT2D eigenvalue weighted by Gasteiger charge is -2.16. The summed E-state index contributed by atoms with van der Waals surface area (Å²) in [4.78, 5) is 24.7. The zero-order chi connectivity index (χ0) is 17.1. The van der Waals surface area contributed by atoms with Crippen LogP contribution in [0.25, 0.3) is 0 Å². The Hall–Kier alpha value is -2.90. The molecular formula is C16H18N4O4. The SMILES string of the molecule is C[C@@H]1CN(C(=O)OCc2ccccc2)C[C@H]1n1cc(C(=O)O)nn1. The molecule has 1 fully saturated rings. The Morgan fingerprint density at radius 2 is 2.04 bits per heavy atom. The van der Waals surface area contributed by atoms with Gasteiger partial charge in [-0.2, -0.15) is 0 Å². The average molecular weight is 330 g/mol. The van der Waals surface area contributed by atoms with Crippen molar-refractivity contribution < 1.29 is 19.4 Å². The van der Waals surface area contributed by atoms with Crippen molar-refractivity contribution >= 4 is 12.1 Å². The third kappa shape index (κ3) is 3.37. The second-order valence-corrected chi connectivity index (χ2v) is 5.88. The third-order valence-electron chi connectivity index (χ3n) is 4.11. The van der Waals surface area contributed by atoms with Gasteiger partial charge in [0, 0.05) is 13.1 Å². The van der Waals surface area contributed by atoms with E-state index in [-0.39, 0.29) is 30.4 Å². The van der Waals surface area contributed by atoms with Crippen molar-refractivity contribution in [3.05, 3.63) is 47.8 Å². The second kappa shape index (κ2) is 6.69. The van der Waals surface area contributed by atoms with Crippen LogP contribution >= 0.6 is 0 Å². The molecule has 3 rings (SSSR count). The Bertz CT molecular complexity index is 731. The van der Waals surface area contributed by atoms with Gasteiger partial charge >= 0.3 is 12.1 Å². The third-order valence-corrected chi connectivity index (χ3v) is 4.11. The molecule has 0 aliphatic carbocycles. The van der Waals surface area contributed by atoms with Crippen LogP contribution in [0, 0.1) is 5.92 Å². The van der Waals surface area contributed by atoms with Crippen LogP contribution in [-0.2, 0) is 11.3 Å². The lowest BCUT2D eigenvalue weighted by Crippen LogP contribution is -2.29. The first-order chi connectivity index (χ1) is 11.5. The van der Waals surface area contributed by atoms with E-state index in [1.165, 1.54) is 10.9 Å². The van der Waals surface area contributed by atoms with Gasteiger partial charge in [0.2, 0.25) is 0 Å². The molecule has 8 nitrogen and oxygen atoms in total. The van der Waals surface area contributed by atoms with Gasteiger partial charge < -0.3 is 14.7 Å². The van der Waals surface area contributed by atoms with Crippen LogP contribution in [0.5, 0.6) is 0 Å². The number of hydrogen-bond donors (Lipinski definition) is 1. The smallest absolute Gasteiger partial charge is 0.410 e. The van der Waals surface area contributed by atoms with E-state index in [0.29, 0.717) is 13.1 Å². The first-order valence-corrected chi connectivity index (χ1v) is 7.65. The van der Waals surface area contributed by atoms with Crippen LogP contribution in [0.15, 0.2) is 36.5 Å². The number of hydrogen-bond acceptors (Lipinski definition) is 5. The predicted molar refractivity (Wildman–Crippen MR) is 83.4 cm³/mol. The molecule has 0 bridgehead atoms. The van der Waals surface area contributed by atoms with Gasteiger partial charge in [0.05, 0.1) is 12.2 Å². The largest absolute Gasteiger partial charge is 0.476 e. The maximum absolute atomic E-state index is 12.2. The molecule has 0 spiro atoms. The van der Waals surface area contributed by atoms with Gasteiger partial charge in [-0.3, -0.25) is 0 Å². The molecule has 1 amide bonds. The van der Waals surface area contributed by atoms with E-state index in [9.17, 15) is 9.59 Å². The second-order valence-electron chi connectivity index (χ2n) is 5.88. The summed E-state index contributed by atoms with van der Waals surface area (Å²) in [6.07, 6.45) is 1.01. The van der Waals surface area contributed by atoms with E-state index < -0.39 is 5.97 Å². The normalized spacial score (nSPS) is 20.1. The molecule has 2 aromatic rings. The summed E-state index contributed by atoms with van der Waals surface area (Å²) in [7, 11) is 0. The number of carbonyl (C=O) groups is 2. The molecule has 8 heteroatoms. The lowest BCUT2D eigenvalue weighted by atomic mass is 10.1. The van der Waals surface area contributed by atoms with E-state index in [1.54, 1.807) is 4.90 Å². The van der Waals surface area contributed by atoms with Crippen LogP contribution in [0.4, 0.5) is 4.79 Å². The van der Waals surface area contributed by atoms with Crippen molar-refractivity contribution in [3.8, 4) is 0 Å². The summed E-state index contributed by atoms with van der Waals surface area (Å²) < 4.78 is 6.85. The van der Waals surface area contributed by atoms with Crippen LogP contribution in [0.3, 0.4) is 0 Å². The Labute approximate surface area is 138 Å². The summed E-state index contributed by atoms with van der Waals surface area (Å²) in [6.45, 7) is 3.15. The number of ether oxygens (including phenoxy) is 1. The highest BCUT2D eigenvalue weighted by Gasteiger charge is 2.35. The first-order valence-electron chi connectivity index (χ1n) is 7.65. The molecule has 0 saturated carbocycles. The number of benzene rings is 1. The minimum atomic E-state index is -1.12. The molecule has 2 heterocycles. The highest BCUT2D eigenvalue weighted by atomic mass is 16.6. The van der Waals surface area contributed by atoms with Crippen molar-refractivity contribution in [1.82, 2.24) is 19.9 Å². The Morgan fingerprint density at radius 1 is 1.29 bits per heavy atom. The number of carboxylic acids is 1. The number of likely N-dealkylation sites (tertiary alicyclic amines) is 1. The van der Waals surface area contributed by atoms with Crippen LogP contribution in [0.1, 0.15) is 29.0 Å². The monoisotopic (exact) mass is 330 g/mol. The number of aromatic nitrogens is 3. The van der Waals surface area contributed by atoms with Crippen LogP contribution < -0.4 is 0 Å². The van der Waals surface area contributed by atoms with Crippen molar-refractivity contribution in [2.75, 3.05) is 13.1 Å². The molecule has 0 unspecified atom stereocenters. The number of rotatable bonds is 4. The molecule has 1 aromatic heterocycles. The summed E-state index contributed by atoms with van der Waals surface area (Å²) in [6, 6.07) is 9.36. The molecule has 1 aliphatic heterocycles. The van der Waals surface area contributed by atoms with Gasteiger partial charge in [-0.25, -0.2) is 14.3 Å². The average Bonchev–Trinajstić information content (AvgIpc) is 3.20. The zero-order valence-corrected chi connectivity index (χ0v) is 13.2. The van der Waals surface area contributed by atoms with Gasteiger partial charge in [0.1, 0.15) is 6.61 Å². The fourth-order valence-corrected chi connectivity index (χ4v) is 2.79. The molecule has 126 valence electrons. The van der Waals surface area contributed by atoms with Gasteiger partial charge in [0.25, 0.3) is 0 Å². The van der Waals surface area contributed by atoms with E-state index in [4.69, 9.17) is 9.84 Å². The Kier molecular flexibility index (Phi) is 4.45. The minimum Gasteiger partial charge on any atom is -0.476 e. The predicted octanol–water partition coefficient (Wildman–Crippen LogP) is 1.81. The topological polar surface area (TPSA) is 97.5 Å². The van der Waals surface area contributed by atoms with E-state index in [1.807, 2.05) is 37.3 Å². The van der Waals surface area contributed by atoms with Crippen molar-refractivity contribution in [1.29, 1.82) is 0 Å². The lowest BCUT2D eigenvalue weighted by molar-refractivity contribution is 0.0690. The highest BCUT2D eigenvalue weighted by Crippen LogP contribution is 2.27. The van der Waals surface area contributed by atoms with Crippen LogP contribution in [0.2, 0.25) is 0 Å². The van der Waals surface area contributed by atoms with Crippen molar-refractivity contribution in [2.24, 2.45) is 5.92 Å². The summed E-state index contributed by atoms with van der Waals surface area (Å²) >= 11 is 0. The molecule has 1 aromatic carbocycles. The highest BCUT2D eigenvalue weighted by molar-refractivity contribution is 5.84. The fourth-order valence-electron chi connectivity index (χ4n) is 2.79. The van der Waals surface area contributed by atoms with Gasteiger partial charge in [-0.05, 0) is 11.5 Å². The van der Waals surface area contributed by atoms with Gasteiger partial charge in [0.15, 0.2) is 5.69 Å². The van der Waals surface area contributed by atoms with E-state index >= 15 is 0 Å². The van der Waals surface area contributed by atoms with Gasteiger partial charge in [-0.1, -0.05) is 42.5 Å². The summed E-state index contributed by atoms with van der Waals surface area (Å²) in [5.74, 6) is -0.997. The fraction of sp³-hybridized carbons (Fsp3) is 0.375.